The molecule has 96 valence electrons. The Hall–Kier alpha value is -1.46. The van der Waals surface area contributed by atoms with E-state index in [0.29, 0.717) is 12.2 Å². The first-order valence-corrected chi connectivity index (χ1v) is 6.07. The molecule has 1 rings (SSSR count). The van der Waals surface area contributed by atoms with Crippen molar-refractivity contribution in [2.45, 2.75) is 58.4 Å². The zero-order chi connectivity index (χ0) is 12.9. The first-order chi connectivity index (χ1) is 8.06. The van der Waals surface area contributed by atoms with Crippen LogP contribution in [0.25, 0.3) is 0 Å². The molecule has 17 heavy (non-hydrogen) atoms. The molecule has 1 unspecified atom stereocenters. The van der Waals surface area contributed by atoms with Gasteiger partial charge in [-0.2, -0.15) is 0 Å². The molecule has 1 N–H and O–H groups in total. The Morgan fingerprint density at radius 1 is 1.41 bits per heavy atom. The second-order valence-electron chi connectivity index (χ2n) is 4.40. The minimum Gasteiger partial charge on any atom is -0.479 e. The molecule has 0 radical (unpaired) electrons. The molecule has 0 aliphatic carbocycles. The van der Waals surface area contributed by atoms with E-state index in [-0.39, 0.29) is 0 Å². The van der Waals surface area contributed by atoms with Gasteiger partial charge in [0.05, 0.1) is 0 Å². The van der Waals surface area contributed by atoms with E-state index in [0.717, 1.165) is 25.7 Å². The maximum absolute atomic E-state index is 11.3. The van der Waals surface area contributed by atoms with E-state index in [1.807, 2.05) is 6.92 Å². The van der Waals surface area contributed by atoms with Gasteiger partial charge in [0, 0.05) is 6.42 Å². The first kappa shape index (κ1) is 13.6. The molecule has 6 nitrogen and oxygen atoms in total. The highest BCUT2D eigenvalue weighted by atomic mass is 16.4. The van der Waals surface area contributed by atoms with E-state index >= 15 is 0 Å². The minimum absolute atomic E-state index is 0.453. The van der Waals surface area contributed by atoms with Gasteiger partial charge in [0.1, 0.15) is 0 Å². The maximum atomic E-state index is 11.3. The van der Waals surface area contributed by atoms with Crippen molar-refractivity contribution >= 4 is 5.97 Å². The van der Waals surface area contributed by atoms with Crippen LogP contribution in [0.5, 0.6) is 0 Å². The molecule has 0 saturated heterocycles. The number of carboxylic acids is 1. The summed E-state index contributed by atoms with van der Waals surface area (Å²) in [5.74, 6) is -0.241. The Morgan fingerprint density at radius 3 is 2.65 bits per heavy atom. The number of aromatic nitrogens is 4. The van der Waals surface area contributed by atoms with E-state index in [2.05, 4.69) is 22.4 Å². The van der Waals surface area contributed by atoms with Gasteiger partial charge >= 0.3 is 5.97 Å². The predicted molar refractivity (Wildman–Crippen MR) is 62.6 cm³/mol. The van der Waals surface area contributed by atoms with Gasteiger partial charge in [0.15, 0.2) is 11.4 Å². The molecular formula is C11H20N4O2. The lowest BCUT2D eigenvalue weighted by Crippen LogP contribution is -2.40. The summed E-state index contributed by atoms with van der Waals surface area (Å²) in [6.45, 7) is 5.59. The highest BCUT2D eigenvalue weighted by Crippen LogP contribution is 2.21. The minimum atomic E-state index is -1.05. The van der Waals surface area contributed by atoms with Crippen LogP contribution in [0, 0.1) is 0 Å². The van der Waals surface area contributed by atoms with Crippen LogP contribution >= 0.6 is 0 Å². The van der Waals surface area contributed by atoms with E-state index in [9.17, 15) is 9.90 Å². The van der Waals surface area contributed by atoms with Crippen LogP contribution < -0.4 is 0 Å². The van der Waals surface area contributed by atoms with E-state index in [4.69, 9.17) is 0 Å². The van der Waals surface area contributed by atoms with Gasteiger partial charge in [-0.3, -0.25) is 0 Å². The molecular weight excluding hydrogens is 220 g/mol. The van der Waals surface area contributed by atoms with E-state index in [1.54, 1.807) is 6.92 Å². The quantitative estimate of drug-likeness (QED) is 0.732. The molecule has 0 saturated carbocycles. The fourth-order valence-corrected chi connectivity index (χ4v) is 1.67. The van der Waals surface area contributed by atoms with Crippen molar-refractivity contribution < 1.29 is 9.90 Å². The second-order valence-corrected chi connectivity index (χ2v) is 4.40. The molecule has 1 heterocycles. The van der Waals surface area contributed by atoms with Gasteiger partial charge in [0.2, 0.25) is 0 Å². The standard InChI is InChI=1S/C11H20N4O2/c1-4-6-7-8-9-12-13-14-15(9)11(3,5-2)10(16)17/h4-8H2,1-3H3,(H,16,17). The van der Waals surface area contributed by atoms with Crippen molar-refractivity contribution in [1.82, 2.24) is 20.2 Å². The maximum Gasteiger partial charge on any atom is 0.331 e. The SMILES string of the molecule is CCCCCc1nnnn1C(C)(CC)C(=O)O. The van der Waals surface area contributed by atoms with Crippen LogP contribution in [0.4, 0.5) is 0 Å². The summed E-state index contributed by atoms with van der Waals surface area (Å²) < 4.78 is 1.45. The average molecular weight is 240 g/mol. The zero-order valence-electron chi connectivity index (χ0n) is 10.7. The number of aliphatic carboxylic acids is 1. The summed E-state index contributed by atoms with van der Waals surface area (Å²) in [5.41, 5.74) is -1.05. The largest absolute Gasteiger partial charge is 0.479 e. The number of aryl methyl sites for hydroxylation is 1. The normalized spacial score (nSPS) is 14.5. The monoisotopic (exact) mass is 240 g/mol. The number of hydrogen-bond acceptors (Lipinski definition) is 4. The van der Waals surface area contributed by atoms with Crippen molar-refractivity contribution in [1.29, 1.82) is 0 Å². The van der Waals surface area contributed by atoms with Crippen LogP contribution in [0.2, 0.25) is 0 Å². The summed E-state index contributed by atoms with van der Waals surface area (Å²) in [5, 5.41) is 20.6. The number of carbonyl (C=O) groups is 1. The third-order valence-corrected chi connectivity index (χ3v) is 3.15. The Bertz CT molecular complexity index is 377. The van der Waals surface area contributed by atoms with Crippen LogP contribution in [0.15, 0.2) is 0 Å². The fraction of sp³-hybridized carbons (Fsp3) is 0.818. The van der Waals surface area contributed by atoms with Gasteiger partial charge in [-0.15, -0.1) is 5.10 Å². The molecule has 0 aromatic carbocycles. The molecule has 0 spiro atoms. The highest BCUT2D eigenvalue weighted by molar-refractivity contribution is 5.76. The van der Waals surface area contributed by atoms with Gasteiger partial charge in [-0.25, -0.2) is 9.48 Å². The molecule has 1 atom stereocenters. The van der Waals surface area contributed by atoms with Gasteiger partial charge in [-0.1, -0.05) is 26.7 Å². The Morgan fingerprint density at radius 2 is 2.12 bits per heavy atom. The van der Waals surface area contributed by atoms with Crippen molar-refractivity contribution in [3.63, 3.8) is 0 Å². The van der Waals surface area contributed by atoms with Crippen molar-refractivity contribution in [3.8, 4) is 0 Å². The molecule has 0 bridgehead atoms. The fourth-order valence-electron chi connectivity index (χ4n) is 1.67. The lowest BCUT2D eigenvalue weighted by molar-refractivity contribution is -0.147. The number of nitrogens with zero attached hydrogens (tertiary/aromatic N) is 4. The summed E-state index contributed by atoms with van der Waals surface area (Å²) in [7, 11) is 0. The molecule has 1 aromatic heterocycles. The molecule has 1 aromatic rings. The number of rotatable bonds is 7. The summed E-state index contributed by atoms with van der Waals surface area (Å²) >= 11 is 0. The third kappa shape index (κ3) is 2.81. The Kier molecular flexibility index (Phi) is 4.60. The summed E-state index contributed by atoms with van der Waals surface area (Å²) in [6, 6.07) is 0. The molecule has 0 aliphatic rings. The van der Waals surface area contributed by atoms with Crippen molar-refractivity contribution in [3.05, 3.63) is 5.82 Å². The topological polar surface area (TPSA) is 80.9 Å². The van der Waals surface area contributed by atoms with Crippen molar-refractivity contribution in [2.75, 3.05) is 0 Å². The predicted octanol–water partition coefficient (Wildman–Crippen LogP) is 1.62. The summed E-state index contributed by atoms with van der Waals surface area (Å²) in [6.07, 6.45) is 4.38. The molecule has 0 aliphatic heterocycles. The number of carboxylic acid groups (broad SMARTS) is 1. The lowest BCUT2D eigenvalue weighted by Gasteiger charge is -2.23. The molecule has 6 heteroatoms. The third-order valence-electron chi connectivity index (χ3n) is 3.15. The molecule has 0 fully saturated rings. The van der Waals surface area contributed by atoms with Gasteiger partial charge in [0.25, 0.3) is 0 Å². The van der Waals surface area contributed by atoms with Crippen LogP contribution in [-0.4, -0.2) is 31.3 Å². The number of unbranched alkanes of at least 4 members (excludes halogenated alkanes) is 2. The van der Waals surface area contributed by atoms with Crippen LogP contribution in [0.3, 0.4) is 0 Å². The Balaban J connectivity index is 2.90. The average Bonchev–Trinajstić information content (AvgIpc) is 2.77. The van der Waals surface area contributed by atoms with Gasteiger partial charge in [-0.05, 0) is 30.2 Å². The number of hydrogen-bond donors (Lipinski definition) is 1. The lowest BCUT2D eigenvalue weighted by atomic mass is 9.99. The zero-order valence-corrected chi connectivity index (χ0v) is 10.7. The van der Waals surface area contributed by atoms with E-state index < -0.39 is 11.5 Å². The van der Waals surface area contributed by atoms with Crippen molar-refractivity contribution in [2.24, 2.45) is 0 Å². The van der Waals surface area contributed by atoms with Gasteiger partial charge < -0.3 is 5.11 Å². The molecule has 0 amide bonds. The highest BCUT2D eigenvalue weighted by Gasteiger charge is 2.36. The first-order valence-electron chi connectivity index (χ1n) is 6.07. The second kappa shape index (κ2) is 5.75. The van der Waals surface area contributed by atoms with Crippen LogP contribution in [-0.2, 0) is 16.8 Å². The smallest absolute Gasteiger partial charge is 0.331 e. The Labute approximate surface area is 101 Å². The van der Waals surface area contributed by atoms with Crippen LogP contribution in [0.1, 0.15) is 52.3 Å². The van der Waals surface area contributed by atoms with E-state index in [1.165, 1.54) is 4.68 Å². The summed E-state index contributed by atoms with van der Waals surface area (Å²) in [4.78, 5) is 11.3. The number of tetrazole rings is 1.